The molecule has 108 valence electrons. The van der Waals surface area contributed by atoms with Crippen LogP contribution in [0.2, 0.25) is 0 Å². The molecular formula is C18H11Cl3Si. The van der Waals surface area contributed by atoms with Crippen LogP contribution in [0, 0.1) is 0 Å². The van der Waals surface area contributed by atoms with Crippen LogP contribution in [0.5, 0.6) is 0 Å². The molecule has 0 saturated carbocycles. The van der Waals surface area contributed by atoms with Gasteiger partial charge in [0.15, 0.2) is 0 Å². The fourth-order valence-corrected chi connectivity index (χ4v) is 4.52. The molecule has 4 aromatic carbocycles. The number of halogens is 3. The van der Waals surface area contributed by atoms with Gasteiger partial charge in [-0.15, -0.1) is 33.2 Å². The maximum absolute atomic E-state index is 6.13. The van der Waals surface area contributed by atoms with Gasteiger partial charge in [0.25, 0.3) is 0 Å². The van der Waals surface area contributed by atoms with Gasteiger partial charge in [0.2, 0.25) is 0 Å². The van der Waals surface area contributed by atoms with E-state index in [1.54, 1.807) is 0 Å². The van der Waals surface area contributed by atoms with Crippen molar-refractivity contribution in [2.24, 2.45) is 0 Å². The number of benzene rings is 4. The Kier molecular flexibility index (Phi) is 3.35. The van der Waals surface area contributed by atoms with Crippen molar-refractivity contribution in [2.45, 2.75) is 0 Å². The third kappa shape index (κ3) is 2.48. The van der Waals surface area contributed by atoms with Crippen LogP contribution < -0.4 is 5.19 Å². The lowest BCUT2D eigenvalue weighted by Crippen LogP contribution is -2.29. The third-order valence-electron chi connectivity index (χ3n) is 3.99. The molecular weight excluding hydrogens is 351 g/mol. The van der Waals surface area contributed by atoms with E-state index in [0.29, 0.717) is 0 Å². The van der Waals surface area contributed by atoms with Crippen molar-refractivity contribution in [3.63, 3.8) is 0 Å². The van der Waals surface area contributed by atoms with Crippen molar-refractivity contribution in [1.82, 2.24) is 0 Å². The highest BCUT2D eigenvalue weighted by molar-refractivity contribution is 7.69. The summed E-state index contributed by atoms with van der Waals surface area (Å²) in [5, 5.41) is 8.01. The van der Waals surface area contributed by atoms with E-state index < -0.39 is 6.00 Å². The van der Waals surface area contributed by atoms with Crippen molar-refractivity contribution in [3.8, 4) is 0 Å². The van der Waals surface area contributed by atoms with E-state index in [-0.39, 0.29) is 0 Å². The van der Waals surface area contributed by atoms with Crippen LogP contribution in [0.1, 0.15) is 0 Å². The molecule has 0 aliphatic heterocycles. The van der Waals surface area contributed by atoms with Gasteiger partial charge in [0, 0.05) is 0 Å². The van der Waals surface area contributed by atoms with Crippen LogP contribution in [0.25, 0.3) is 32.3 Å². The molecule has 22 heavy (non-hydrogen) atoms. The van der Waals surface area contributed by atoms with Crippen LogP contribution in [-0.4, -0.2) is 6.00 Å². The fraction of sp³-hybridized carbons (Fsp3) is 0. The topological polar surface area (TPSA) is 0 Å². The lowest BCUT2D eigenvalue weighted by Gasteiger charge is -2.10. The predicted molar refractivity (Wildman–Crippen MR) is 102 cm³/mol. The van der Waals surface area contributed by atoms with Gasteiger partial charge >= 0.3 is 6.00 Å². The molecule has 0 N–H and O–H groups in total. The van der Waals surface area contributed by atoms with E-state index in [2.05, 4.69) is 48.5 Å². The van der Waals surface area contributed by atoms with Gasteiger partial charge in [-0.1, -0.05) is 42.5 Å². The summed E-state index contributed by atoms with van der Waals surface area (Å²) in [5.41, 5.74) is 0. The highest BCUT2D eigenvalue weighted by Crippen LogP contribution is 2.28. The minimum Gasteiger partial charge on any atom is -0.121 e. The number of hydrogen-bond donors (Lipinski definition) is 0. The van der Waals surface area contributed by atoms with Gasteiger partial charge in [-0.05, 0) is 61.8 Å². The van der Waals surface area contributed by atoms with Gasteiger partial charge in [-0.25, -0.2) is 0 Å². The quantitative estimate of drug-likeness (QED) is 0.221. The minimum atomic E-state index is -2.85. The molecule has 0 atom stereocenters. The van der Waals surface area contributed by atoms with Crippen molar-refractivity contribution in [2.75, 3.05) is 0 Å². The second-order valence-corrected chi connectivity index (χ2v) is 13.9. The van der Waals surface area contributed by atoms with E-state index in [9.17, 15) is 0 Å². The van der Waals surface area contributed by atoms with E-state index in [0.717, 1.165) is 16.0 Å². The van der Waals surface area contributed by atoms with Gasteiger partial charge in [-0.3, -0.25) is 0 Å². The van der Waals surface area contributed by atoms with Crippen LogP contribution >= 0.6 is 33.2 Å². The first-order valence-electron chi connectivity index (χ1n) is 6.94. The third-order valence-corrected chi connectivity index (χ3v) is 6.92. The molecule has 4 aromatic rings. The van der Waals surface area contributed by atoms with Crippen LogP contribution in [-0.2, 0) is 0 Å². The molecule has 0 bridgehead atoms. The van der Waals surface area contributed by atoms with E-state index in [1.165, 1.54) is 21.5 Å². The summed E-state index contributed by atoms with van der Waals surface area (Å²) >= 11 is 18.4. The Bertz CT molecular complexity index is 1020. The Morgan fingerprint density at radius 3 is 1.50 bits per heavy atom. The summed E-state index contributed by atoms with van der Waals surface area (Å²) in [7, 11) is 0. The highest BCUT2D eigenvalue weighted by Gasteiger charge is 2.27. The Balaban J connectivity index is 2.03. The van der Waals surface area contributed by atoms with E-state index in [1.807, 2.05) is 18.2 Å². The molecule has 0 aliphatic carbocycles. The summed E-state index contributed by atoms with van der Waals surface area (Å²) in [6.45, 7) is 0. The Labute approximate surface area is 143 Å². The Morgan fingerprint density at radius 2 is 0.955 bits per heavy atom. The molecule has 0 nitrogen and oxygen atoms in total. The molecule has 0 aliphatic rings. The van der Waals surface area contributed by atoms with Crippen molar-refractivity contribution < 1.29 is 0 Å². The first kappa shape index (κ1) is 14.3. The largest absolute Gasteiger partial charge is 0.372 e. The van der Waals surface area contributed by atoms with E-state index in [4.69, 9.17) is 33.2 Å². The van der Waals surface area contributed by atoms with Crippen molar-refractivity contribution >= 4 is 76.7 Å². The van der Waals surface area contributed by atoms with Crippen LogP contribution in [0.15, 0.2) is 66.7 Å². The maximum Gasteiger partial charge on any atom is 0.372 e. The zero-order valence-electron chi connectivity index (χ0n) is 11.5. The Morgan fingerprint density at radius 1 is 0.500 bits per heavy atom. The number of rotatable bonds is 1. The van der Waals surface area contributed by atoms with Crippen LogP contribution in [0.3, 0.4) is 0 Å². The molecule has 4 heteroatoms. The Hall–Kier alpha value is -1.25. The highest BCUT2D eigenvalue weighted by atomic mass is 35.8. The van der Waals surface area contributed by atoms with Crippen LogP contribution in [0.4, 0.5) is 0 Å². The predicted octanol–water partition coefficient (Wildman–Crippen LogP) is 6.01. The lowest BCUT2D eigenvalue weighted by molar-refractivity contribution is 1.79. The average molecular weight is 362 g/mol. The van der Waals surface area contributed by atoms with Crippen molar-refractivity contribution in [3.05, 3.63) is 66.7 Å². The van der Waals surface area contributed by atoms with Gasteiger partial charge in [0.1, 0.15) is 0 Å². The number of fused-ring (bicyclic) bond motifs is 3. The first-order chi connectivity index (χ1) is 10.5. The second-order valence-electron chi connectivity index (χ2n) is 5.46. The molecule has 0 spiro atoms. The smallest absolute Gasteiger partial charge is 0.121 e. The molecule has 0 radical (unpaired) electrons. The second kappa shape index (κ2) is 5.14. The summed E-state index contributed by atoms with van der Waals surface area (Å²) < 4.78 is 0. The standard InChI is InChI=1S/C18H11Cl3Si/c19-22(20,21)18-6-5-14-9-15-7-12-3-1-2-4-13(12)8-16(15)10-17(14)11-18/h1-11H. The lowest BCUT2D eigenvalue weighted by atomic mass is 10.00. The fourth-order valence-electron chi connectivity index (χ4n) is 2.87. The zero-order chi connectivity index (χ0) is 15.3. The molecule has 4 rings (SSSR count). The van der Waals surface area contributed by atoms with Crippen molar-refractivity contribution in [1.29, 1.82) is 0 Å². The SMILES string of the molecule is Cl[Si](Cl)(Cl)c1ccc2cc3cc4ccccc4cc3cc2c1. The van der Waals surface area contributed by atoms with E-state index >= 15 is 0 Å². The normalized spacial score (nSPS) is 12.3. The average Bonchev–Trinajstić information content (AvgIpc) is 2.49. The van der Waals surface area contributed by atoms with Gasteiger partial charge < -0.3 is 0 Å². The molecule has 0 heterocycles. The minimum absolute atomic E-state index is 0.824. The summed E-state index contributed by atoms with van der Waals surface area (Å²) in [6, 6.07) is 20.3. The van der Waals surface area contributed by atoms with Gasteiger partial charge in [0.05, 0.1) is 0 Å². The molecule has 0 aromatic heterocycles. The molecule has 0 amide bonds. The molecule has 0 unspecified atom stereocenters. The maximum atomic E-state index is 6.13. The first-order valence-corrected chi connectivity index (χ1v) is 12.0. The summed E-state index contributed by atoms with van der Waals surface area (Å²) in [5.74, 6) is 0. The number of hydrogen-bond acceptors (Lipinski definition) is 0. The summed E-state index contributed by atoms with van der Waals surface area (Å²) in [4.78, 5) is 0. The monoisotopic (exact) mass is 360 g/mol. The van der Waals surface area contributed by atoms with Gasteiger partial charge in [-0.2, -0.15) is 0 Å². The molecule has 0 fully saturated rings. The zero-order valence-corrected chi connectivity index (χ0v) is 14.8. The molecule has 0 saturated heterocycles. The summed E-state index contributed by atoms with van der Waals surface area (Å²) in [6.07, 6.45) is 0.